The molecule has 18 heteroatoms. The standard InChI is InChI=1S/C21H19F6N3O7S2/c1-3-38(32,33)18-17(29-16-8-13(6-7-30(16)18)37-11-20(22,23)24)28-10-12-4-5-14(9-15(12)19(31)36-2)39(34,35)21(25,26)27/h4-9,28H,3,10-11H2,1-2H3. The fraction of sp³-hybridized carbons (Fsp3) is 0.333. The predicted molar refractivity (Wildman–Crippen MR) is 123 cm³/mol. The Kier molecular flexibility index (Phi) is 8.12. The number of ether oxygens (including phenoxy) is 2. The molecule has 3 rings (SSSR count). The van der Waals surface area contributed by atoms with Crippen LogP contribution in [0.5, 0.6) is 5.75 Å². The maximum absolute atomic E-state index is 13.0. The summed E-state index contributed by atoms with van der Waals surface area (Å²) in [7, 11) is -8.90. The Morgan fingerprint density at radius 1 is 1.05 bits per heavy atom. The van der Waals surface area contributed by atoms with E-state index < -0.39 is 71.7 Å². The minimum Gasteiger partial charge on any atom is -0.484 e. The number of aromatic nitrogens is 2. The first-order valence-electron chi connectivity index (χ1n) is 10.6. The molecule has 1 N–H and O–H groups in total. The number of methoxy groups -OCH3 is 1. The molecular weight excluding hydrogens is 584 g/mol. The van der Waals surface area contributed by atoms with Crippen LogP contribution in [0, 0.1) is 0 Å². The van der Waals surface area contributed by atoms with Crippen molar-refractivity contribution in [2.75, 3.05) is 24.8 Å². The van der Waals surface area contributed by atoms with Crippen molar-refractivity contribution in [3.8, 4) is 5.75 Å². The van der Waals surface area contributed by atoms with Gasteiger partial charge in [0, 0.05) is 18.8 Å². The molecule has 10 nitrogen and oxygen atoms in total. The van der Waals surface area contributed by atoms with Crippen molar-refractivity contribution >= 4 is 37.1 Å². The molecule has 0 aliphatic rings. The Morgan fingerprint density at radius 2 is 1.72 bits per heavy atom. The van der Waals surface area contributed by atoms with Crippen LogP contribution in [0.4, 0.5) is 32.2 Å². The van der Waals surface area contributed by atoms with Crippen molar-refractivity contribution < 1.29 is 57.4 Å². The maximum atomic E-state index is 13.0. The van der Waals surface area contributed by atoms with E-state index in [1.807, 2.05) is 0 Å². The van der Waals surface area contributed by atoms with Crippen LogP contribution in [0.15, 0.2) is 46.5 Å². The monoisotopic (exact) mass is 603 g/mol. The Morgan fingerprint density at radius 3 is 2.28 bits per heavy atom. The number of hydrogen-bond donors (Lipinski definition) is 1. The number of imidazole rings is 1. The fourth-order valence-electron chi connectivity index (χ4n) is 3.30. The van der Waals surface area contributed by atoms with Crippen LogP contribution in [0.3, 0.4) is 0 Å². The van der Waals surface area contributed by atoms with Crippen LogP contribution in [0.1, 0.15) is 22.8 Å². The normalized spacial score (nSPS) is 12.9. The molecule has 0 aliphatic heterocycles. The molecular formula is C21H19F6N3O7S2. The summed E-state index contributed by atoms with van der Waals surface area (Å²) < 4.78 is 136. The molecule has 0 amide bonds. The maximum Gasteiger partial charge on any atom is 0.501 e. The molecule has 0 spiro atoms. The number of esters is 1. The van der Waals surface area contributed by atoms with Gasteiger partial charge in [0.25, 0.3) is 9.84 Å². The summed E-state index contributed by atoms with van der Waals surface area (Å²) >= 11 is 0. The van der Waals surface area contributed by atoms with E-state index in [0.29, 0.717) is 12.1 Å². The smallest absolute Gasteiger partial charge is 0.484 e. The number of nitrogens with zero attached hydrogens (tertiary/aromatic N) is 2. The largest absolute Gasteiger partial charge is 0.501 e. The lowest BCUT2D eigenvalue weighted by Crippen LogP contribution is -2.24. The highest BCUT2D eigenvalue weighted by molar-refractivity contribution is 7.92. The second kappa shape index (κ2) is 10.6. The third-order valence-corrected chi connectivity index (χ3v) is 8.40. The zero-order valence-electron chi connectivity index (χ0n) is 19.9. The Hall–Kier alpha value is -3.54. The van der Waals surface area contributed by atoms with E-state index in [-0.39, 0.29) is 22.8 Å². The van der Waals surface area contributed by atoms with Gasteiger partial charge in [-0.15, -0.1) is 0 Å². The number of anilines is 1. The second-order valence-corrected chi connectivity index (χ2v) is 11.9. The number of hydrogen-bond acceptors (Lipinski definition) is 9. The minimum atomic E-state index is -5.79. The lowest BCUT2D eigenvalue weighted by atomic mass is 10.1. The molecule has 0 aliphatic carbocycles. The van der Waals surface area contributed by atoms with Crippen molar-refractivity contribution in [3.05, 3.63) is 47.7 Å². The summed E-state index contributed by atoms with van der Waals surface area (Å²) in [5.41, 5.74) is -6.39. The van der Waals surface area contributed by atoms with Gasteiger partial charge in [-0.1, -0.05) is 13.0 Å². The van der Waals surface area contributed by atoms with E-state index in [1.165, 1.54) is 6.92 Å². The van der Waals surface area contributed by atoms with Gasteiger partial charge in [0.05, 0.1) is 23.3 Å². The summed E-state index contributed by atoms with van der Waals surface area (Å²) in [5, 5.41) is 2.24. The van der Waals surface area contributed by atoms with E-state index in [2.05, 4.69) is 19.8 Å². The van der Waals surface area contributed by atoms with Crippen LogP contribution in [0.25, 0.3) is 5.65 Å². The first-order valence-corrected chi connectivity index (χ1v) is 13.8. The number of alkyl halides is 6. The number of nitrogens with one attached hydrogen (secondary N) is 1. The second-order valence-electron chi connectivity index (χ2n) is 7.78. The molecule has 1 aromatic carbocycles. The van der Waals surface area contributed by atoms with Gasteiger partial charge in [-0.3, -0.25) is 4.40 Å². The van der Waals surface area contributed by atoms with Crippen LogP contribution >= 0.6 is 0 Å². The summed E-state index contributed by atoms with van der Waals surface area (Å²) in [6.45, 7) is -0.718. The van der Waals surface area contributed by atoms with Crippen molar-refractivity contribution in [1.29, 1.82) is 0 Å². The summed E-state index contributed by atoms with van der Waals surface area (Å²) in [4.78, 5) is 15.1. The Labute approximate surface area is 217 Å². The van der Waals surface area contributed by atoms with E-state index in [1.54, 1.807) is 0 Å². The summed E-state index contributed by atoms with van der Waals surface area (Å²) in [5.74, 6) is -2.13. The number of benzene rings is 1. The van der Waals surface area contributed by atoms with Gasteiger partial charge in [0.2, 0.25) is 0 Å². The predicted octanol–water partition coefficient (Wildman–Crippen LogP) is 3.76. The minimum absolute atomic E-state index is 0.0749. The van der Waals surface area contributed by atoms with E-state index in [9.17, 15) is 48.0 Å². The highest BCUT2D eigenvalue weighted by Gasteiger charge is 2.47. The molecule has 3 aromatic rings. The number of fused-ring (bicyclic) bond motifs is 1. The van der Waals surface area contributed by atoms with Crippen molar-refractivity contribution in [2.45, 2.75) is 35.1 Å². The van der Waals surface area contributed by atoms with Gasteiger partial charge in [0.1, 0.15) is 11.4 Å². The van der Waals surface area contributed by atoms with Gasteiger partial charge < -0.3 is 14.8 Å². The third kappa shape index (κ3) is 6.38. The van der Waals surface area contributed by atoms with Crippen molar-refractivity contribution in [1.82, 2.24) is 9.38 Å². The highest BCUT2D eigenvalue weighted by atomic mass is 32.2. The molecule has 2 aromatic heterocycles. The molecule has 0 bridgehead atoms. The average Bonchev–Trinajstić information content (AvgIpc) is 3.23. The number of halogens is 6. The average molecular weight is 604 g/mol. The van der Waals surface area contributed by atoms with Gasteiger partial charge >= 0.3 is 17.7 Å². The molecule has 0 unspecified atom stereocenters. The van der Waals surface area contributed by atoms with E-state index >= 15 is 0 Å². The molecule has 0 radical (unpaired) electrons. The van der Waals surface area contributed by atoms with Crippen LogP contribution in [-0.2, 0) is 31.0 Å². The number of carbonyl (C=O) groups is 1. The van der Waals surface area contributed by atoms with Gasteiger partial charge in [-0.05, 0) is 23.8 Å². The Bertz CT molecular complexity index is 1620. The molecule has 0 saturated heterocycles. The van der Waals surface area contributed by atoms with E-state index in [0.717, 1.165) is 35.9 Å². The van der Waals surface area contributed by atoms with E-state index in [4.69, 9.17) is 0 Å². The summed E-state index contributed by atoms with van der Waals surface area (Å²) in [6, 6.07) is 4.15. The number of sulfone groups is 2. The van der Waals surface area contributed by atoms with Crippen molar-refractivity contribution in [2.24, 2.45) is 0 Å². The number of pyridine rings is 1. The third-order valence-electron chi connectivity index (χ3n) is 5.18. The quantitative estimate of drug-likeness (QED) is 0.287. The van der Waals surface area contributed by atoms with Crippen LogP contribution in [0.2, 0.25) is 0 Å². The fourth-order valence-corrected chi connectivity index (χ4v) is 5.22. The number of rotatable bonds is 9. The van der Waals surface area contributed by atoms with Gasteiger partial charge in [0.15, 0.2) is 27.3 Å². The zero-order chi connectivity index (χ0) is 29.4. The topological polar surface area (TPSA) is 133 Å². The SMILES string of the molecule is CCS(=O)(=O)c1c(NCc2ccc(S(=O)(=O)C(F)(F)F)cc2C(=O)OC)nc2cc(OCC(F)(F)F)ccn12. The van der Waals surface area contributed by atoms with Gasteiger partial charge in [-0.2, -0.15) is 26.3 Å². The first-order chi connectivity index (χ1) is 17.9. The highest BCUT2D eigenvalue weighted by Crippen LogP contribution is 2.32. The van der Waals surface area contributed by atoms with Crippen LogP contribution < -0.4 is 10.1 Å². The van der Waals surface area contributed by atoms with Crippen molar-refractivity contribution in [3.63, 3.8) is 0 Å². The first kappa shape index (κ1) is 30.0. The molecule has 39 heavy (non-hydrogen) atoms. The van der Waals surface area contributed by atoms with Gasteiger partial charge in [-0.25, -0.2) is 26.6 Å². The molecule has 214 valence electrons. The molecule has 0 fully saturated rings. The summed E-state index contributed by atoms with van der Waals surface area (Å²) in [6.07, 6.45) is -3.50. The zero-order valence-corrected chi connectivity index (χ0v) is 21.6. The Balaban J connectivity index is 2.04. The molecule has 2 heterocycles. The molecule has 0 atom stereocenters. The lowest BCUT2D eigenvalue weighted by Gasteiger charge is -2.13. The van der Waals surface area contributed by atoms with Crippen LogP contribution in [-0.4, -0.2) is 63.3 Å². The molecule has 0 saturated carbocycles. The lowest BCUT2D eigenvalue weighted by molar-refractivity contribution is -0.153. The number of carbonyl (C=O) groups excluding carboxylic acids is 1.